The quantitative estimate of drug-likeness (QED) is 0.858. The highest BCUT2D eigenvalue weighted by atomic mass is 79.9. The Morgan fingerprint density at radius 3 is 2.52 bits per heavy atom. The van der Waals surface area contributed by atoms with E-state index >= 15 is 0 Å². The second-order valence-corrected chi connectivity index (χ2v) is 6.33. The van der Waals surface area contributed by atoms with Crippen LogP contribution < -0.4 is 10.6 Å². The Bertz CT molecular complexity index is 744. The molecule has 0 saturated carbocycles. The van der Waals surface area contributed by atoms with E-state index in [2.05, 4.69) is 31.5 Å². The van der Waals surface area contributed by atoms with Gasteiger partial charge in [0.2, 0.25) is 0 Å². The molecule has 0 unspecified atom stereocenters. The number of anilines is 1. The first-order valence-electron chi connectivity index (χ1n) is 7.21. The summed E-state index contributed by atoms with van der Waals surface area (Å²) >= 11 is 3.43. The van der Waals surface area contributed by atoms with Crippen LogP contribution in [0.15, 0.2) is 41.0 Å². The number of aromatic nitrogens is 1. The molecule has 23 heavy (non-hydrogen) atoms. The predicted molar refractivity (Wildman–Crippen MR) is 93.7 cm³/mol. The van der Waals surface area contributed by atoms with E-state index in [0.29, 0.717) is 11.3 Å². The Morgan fingerprint density at radius 1 is 1.13 bits per heavy atom. The van der Waals surface area contributed by atoms with Crippen LogP contribution in [0.3, 0.4) is 0 Å². The van der Waals surface area contributed by atoms with Crippen molar-refractivity contribution in [2.75, 3.05) is 5.32 Å². The first kappa shape index (κ1) is 17.1. The van der Waals surface area contributed by atoms with E-state index in [1.807, 2.05) is 39.0 Å². The lowest BCUT2D eigenvalue weighted by atomic mass is 10.2. The molecular weight excluding hydrogens is 358 g/mol. The predicted octanol–water partition coefficient (Wildman–Crippen LogP) is 3.54. The zero-order chi connectivity index (χ0) is 17.0. The standard InChI is InChI=1S/C17H18BrN3O2/c1-10(2)20-17(23)15-8-12(6-7-19-15)16(22)21-13-5-4-11(3)14(18)9-13/h4-10H,1-3H3,(H,20,23)(H,21,22). The second-order valence-electron chi connectivity index (χ2n) is 5.48. The van der Waals surface area contributed by atoms with Gasteiger partial charge in [0.15, 0.2) is 0 Å². The molecule has 5 nitrogen and oxygen atoms in total. The summed E-state index contributed by atoms with van der Waals surface area (Å²) < 4.78 is 0.919. The average Bonchev–Trinajstić information content (AvgIpc) is 2.50. The summed E-state index contributed by atoms with van der Waals surface area (Å²) in [7, 11) is 0. The maximum absolute atomic E-state index is 12.3. The van der Waals surface area contributed by atoms with Crippen molar-refractivity contribution in [3.8, 4) is 0 Å². The van der Waals surface area contributed by atoms with Crippen LogP contribution in [0, 0.1) is 6.92 Å². The lowest BCUT2D eigenvalue weighted by molar-refractivity contribution is 0.0938. The summed E-state index contributed by atoms with van der Waals surface area (Å²) in [4.78, 5) is 28.3. The van der Waals surface area contributed by atoms with Crippen molar-refractivity contribution in [3.05, 3.63) is 57.8 Å². The van der Waals surface area contributed by atoms with Crippen LogP contribution in [0.5, 0.6) is 0 Å². The Balaban J connectivity index is 2.16. The van der Waals surface area contributed by atoms with Crippen molar-refractivity contribution in [1.29, 1.82) is 0 Å². The number of aryl methyl sites for hydroxylation is 1. The normalized spacial score (nSPS) is 10.5. The largest absolute Gasteiger partial charge is 0.349 e. The molecule has 0 spiro atoms. The van der Waals surface area contributed by atoms with Crippen molar-refractivity contribution >= 4 is 33.4 Å². The van der Waals surface area contributed by atoms with E-state index < -0.39 is 0 Å². The number of halogens is 1. The summed E-state index contributed by atoms with van der Waals surface area (Å²) in [5.74, 6) is -0.588. The highest BCUT2D eigenvalue weighted by molar-refractivity contribution is 9.10. The monoisotopic (exact) mass is 375 g/mol. The van der Waals surface area contributed by atoms with E-state index in [-0.39, 0.29) is 23.6 Å². The number of rotatable bonds is 4. The third-order valence-corrected chi connectivity index (χ3v) is 3.96. The molecule has 6 heteroatoms. The van der Waals surface area contributed by atoms with Gasteiger partial charge in [0.25, 0.3) is 11.8 Å². The molecular formula is C17H18BrN3O2. The minimum absolute atomic E-state index is 0.00620. The highest BCUT2D eigenvalue weighted by Crippen LogP contribution is 2.21. The first-order valence-corrected chi connectivity index (χ1v) is 8.00. The molecule has 0 bridgehead atoms. The average molecular weight is 376 g/mol. The molecule has 0 saturated heterocycles. The zero-order valence-electron chi connectivity index (χ0n) is 13.2. The minimum atomic E-state index is -0.298. The van der Waals surface area contributed by atoms with Crippen LogP contribution in [-0.4, -0.2) is 22.8 Å². The second kappa shape index (κ2) is 7.37. The summed E-state index contributed by atoms with van der Waals surface area (Å²) in [6.45, 7) is 5.70. The molecule has 120 valence electrons. The molecule has 0 atom stereocenters. The number of benzene rings is 1. The van der Waals surface area contributed by atoms with Gasteiger partial charge in [0.05, 0.1) is 0 Å². The number of carbonyl (C=O) groups excluding carboxylic acids is 2. The number of nitrogens with zero attached hydrogens (tertiary/aromatic N) is 1. The zero-order valence-corrected chi connectivity index (χ0v) is 14.8. The Kier molecular flexibility index (Phi) is 5.50. The number of hydrogen-bond donors (Lipinski definition) is 2. The molecule has 0 radical (unpaired) electrons. The van der Waals surface area contributed by atoms with Crippen LogP contribution in [0.4, 0.5) is 5.69 Å². The van der Waals surface area contributed by atoms with E-state index in [9.17, 15) is 9.59 Å². The maximum Gasteiger partial charge on any atom is 0.270 e. The Hall–Kier alpha value is -2.21. The fourth-order valence-electron chi connectivity index (χ4n) is 1.91. The fourth-order valence-corrected chi connectivity index (χ4v) is 2.28. The Labute approximate surface area is 143 Å². The summed E-state index contributed by atoms with van der Waals surface area (Å²) in [6, 6.07) is 8.63. The summed E-state index contributed by atoms with van der Waals surface area (Å²) in [5.41, 5.74) is 2.36. The number of amides is 2. The molecule has 2 rings (SSSR count). The van der Waals surface area contributed by atoms with Crippen molar-refractivity contribution in [2.45, 2.75) is 26.8 Å². The SMILES string of the molecule is Cc1ccc(NC(=O)c2ccnc(C(=O)NC(C)C)c2)cc1Br. The van der Waals surface area contributed by atoms with Crippen molar-refractivity contribution in [2.24, 2.45) is 0 Å². The number of carbonyl (C=O) groups is 2. The Morgan fingerprint density at radius 2 is 1.87 bits per heavy atom. The molecule has 2 amide bonds. The van der Waals surface area contributed by atoms with E-state index in [0.717, 1.165) is 10.0 Å². The molecule has 0 aliphatic rings. The van der Waals surface area contributed by atoms with Crippen LogP contribution in [0.25, 0.3) is 0 Å². The number of hydrogen-bond acceptors (Lipinski definition) is 3. The van der Waals surface area contributed by atoms with Gasteiger partial charge in [-0.15, -0.1) is 0 Å². The molecule has 1 aromatic carbocycles. The van der Waals surface area contributed by atoms with Crippen LogP contribution in [0.2, 0.25) is 0 Å². The van der Waals surface area contributed by atoms with Gasteiger partial charge in [-0.25, -0.2) is 0 Å². The molecule has 1 heterocycles. The summed E-state index contributed by atoms with van der Waals surface area (Å²) in [6.07, 6.45) is 1.45. The van der Waals surface area contributed by atoms with E-state index in [1.165, 1.54) is 12.3 Å². The molecule has 0 fully saturated rings. The van der Waals surface area contributed by atoms with Gasteiger partial charge < -0.3 is 10.6 Å². The number of nitrogens with one attached hydrogen (secondary N) is 2. The number of pyridine rings is 1. The lowest BCUT2D eigenvalue weighted by Gasteiger charge is -2.09. The topological polar surface area (TPSA) is 71.1 Å². The van der Waals surface area contributed by atoms with Gasteiger partial charge in [-0.1, -0.05) is 22.0 Å². The van der Waals surface area contributed by atoms with Gasteiger partial charge in [-0.3, -0.25) is 14.6 Å². The molecule has 0 aliphatic heterocycles. The van der Waals surface area contributed by atoms with Crippen LogP contribution in [-0.2, 0) is 0 Å². The van der Waals surface area contributed by atoms with Crippen molar-refractivity contribution < 1.29 is 9.59 Å². The van der Waals surface area contributed by atoms with Crippen LogP contribution in [0.1, 0.15) is 40.3 Å². The molecule has 0 aliphatic carbocycles. The molecule has 2 N–H and O–H groups in total. The van der Waals surface area contributed by atoms with Gasteiger partial charge in [-0.2, -0.15) is 0 Å². The first-order chi connectivity index (χ1) is 10.9. The fraction of sp³-hybridized carbons (Fsp3) is 0.235. The van der Waals surface area contributed by atoms with Gasteiger partial charge in [0, 0.05) is 28.0 Å². The third-order valence-electron chi connectivity index (χ3n) is 3.10. The van der Waals surface area contributed by atoms with Crippen LogP contribution >= 0.6 is 15.9 Å². The van der Waals surface area contributed by atoms with Crippen molar-refractivity contribution in [3.63, 3.8) is 0 Å². The maximum atomic E-state index is 12.3. The van der Waals surface area contributed by atoms with Crippen molar-refractivity contribution in [1.82, 2.24) is 10.3 Å². The van der Waals surface area contributed by atoms with Gasteiger partial charge in [0.1, 0.15) is 5.69 Å². The van der Waals surface area contributed by atoms with E-state index in [4.69, 9.17) is 0 Å². The van der Waals surface area contributed by atoms with Gasteiger partial charge in [-0.05, 0) is 50.6 Å². The third kappa shape index (κ3) is 4.63. The highest BCUT2D eigenvalue weighted by Gasteiger charge is 2.13. The molecule has 2 aromatic rings. The lowest BCUT2D eigenvalue weighted by Crippen LogP contribution is -2.31. The minimum Gasteiger partial charge on any atom is -0.349 e. The summed E-state index contributed by atoms with van der Waals surface area (Å²) in [5, 5.41) is 5.55. The van der Waals surface area contributed by atoms with Gasteiger partial charge >= 0.3 is 0 Å². The van der Waals surface area contributed by atoms with E-state index in [1.54, 1.807) is 6.07 Å². The smallest absolute Gasteiger partial charge is 0.270 e. The molecule has 1 aromatic heterocycles.